The molecule has 0 radical (unpaired) electrons. The van der Waals surface area contributed by atoms with Crippen LogP contribution in [0.5, 0.6) is 0 Å². The number of hydrogen-bond donors (Lipinski definition) is 1. The Balaban J connectivity index is 2.41. The van der Waals surface area contributed by atoms with Crippen LogP contribution in [0.3, 0.4) is 0 Å². The van der Waals surface area contributed by atoms with Gasteiger partial charge in [0.05, 0.1) is 12.1 Å². The normalized spacial score (nSPS) is 11.8. The fourth-order valence-corrected chi connectivity index (χ4v) is 1.88. The zero-order valence-electron chi connectivity index (χ0n) is 8.83. The number of alkyl halides is 3. The molecule has 1 aromatic carbocycles. The molecule has 0 aliphatic carbocycles. The van der Waals surface area contributed by atoms with Gasteiger partial charge in [0.25, 0.3) is 0 Å². The first-order chi connectivity index (χ1) is 8.41. The van der Waals surface area contributed by atoms with Crippen molar-refractivity contribution < 1.29 is 17.7 Å². The average Bonchev–Trinajstić information content (AvgIpc) is 2.76. The highest BCUT2D eigenvalue weighted by Gasteiger charge is 2.31. The van der Waals surface area contributed by atoms with Gasteiger partial charge in [-0.05, 0) is 18.2 Å². The lowest BCUT2D eigenvalue weighted by Gasteiger charge is -2.08. The molecule has 2 aromatic rings. The van der Waals surface area contributed by atoms with Gasteiger partial charge in [0.1, 0.15) is 0 Å². The third-order valence-corrected chi connectivity index (χ3v) is 2.84. The minimum atomic E-state index is -4.39. The predicted octanol–water partition coefficient (Wildman–Crippen LogP) is 2.98. The van der Waals surface area contributed by atoms with E-state index < -0.39 is 11.7 Å². The average molecular weight is 322 g/mol. The van der Waals surface area contributed by atoms with Crippen molar-refractivity contribution in [2.24, 2.45) is 5.73 Å². The first-order valence-electron chi connectivity index (χ1n) is 4.81. The molecule has 4 nitrogen and oxygen atoms in total. The molecule has 1 aromatic heterocycles. The van der Waals surface area contributed by atoms with E-state index >= 15 is 0 Å². The molecule has 0 amide bonds. The van der Waals surface area contributed by atoms with Gasteiger partial charge in [-0.3, -0.25) is 0 Å². The molecule has 2 rings (SSSR count). The number of benzene rings is 1. The van der Waals surface area contributed by atoms with Gasteiger partial charge >= 0.3 is 6.18 Å². The maximum atomic E-state index is 12.5. The van der Waals surface area contributed by atoms with Crippen molar-refractivity contribution in [1.82, 2.24) is 10.1 Å². The van der Waals surface area contributed by atoms with Gasteiger partial charge in [-0.2, -0.15) is 18.2 Å². The number of halogens is 4. The van der Waals surface area contributed by atoms with Crippen molar-refractivity contribution in [2.45, 2.75) is 12.7 Å². The van der Waals surface area contributed by atoms with Gasteiger partial charge in [0, 0.05) is 10.0 Å². The number of nitrogens with two attached hydrogens (primary N) is 1. The van der Waals surface area contributed by atoms with Crippen LogP contribution in [0.15, 0.2) is 27.2 Å². The van der Waals surface area contributed by atoms with Crippen LogP contribution in [-0.2, 0) is 12.7 Å². The summed E-state index contributed by atoms with van der Waals surface area (Å²) in [6.45, 7) is 0.0747. The molecule has 0 aliphatic heterocycles. The molecule has 1 heterocycles. The van der Waals surface area contributed by atoms with E-state index in [1.54, 1.807) is 0 Å². The fourth-order valence-electron chi connectivity index (χ4n) is 1.32. The molecule has 0 atom stereocenters. The largest absolute Gasteiger partial charge is 0.416 e. The molecule has 0 aliphatic rings. The molecule has 0 saturated heterocycles. The van der Waals surface area contributed by atoms with Crippen molar-refractivity contribution in [1.29, 1.82) is 0 Å². The smallest absolute Gasteiger partial charge is 0.338 e. The third kappa shape index (κ3) is 2.54. The summed E-state index contributed by atoms with van der Waals surface area (Å²) in [7, 11) is 0. The summed E-state index contributed by atoms with van der Waals surface area (Å²) < 4.78 is 42.5. The van der Waals surface area contributed by atoms with E-state index in [9.17, 15) is 13.2 Å². The van der Waals surface area contributed by atoms with Crippen molar-refractivity contribution >= 4 is 15.9 Å². The Bertz CT molecular complexity index is 568. The fraction of sp³-hybridized carbons (Fsp3) is 0.200. The van der Waals surface area contributed by atoms with Crippen LogP contribution in [0.25, 0.3) is 11.4 Å². The molecule has 0 bridgehead atoms. The maximum absolute atomic E-state index is 12.5. The minimum Gasteiger partial charge on any atom is -0.338 e. The van der Waals surface area contributed by atoms with E-state index in [1.807, 2.05) is 0 Å². The Kier molecular flexibility index (Phi) is 3.40. The number of hydrogen-bond acceptors (Lipinski definition) is 4. The van der Waals surface area contributed by atoms with Gasteiger partial charge in [-0.1, -0.05) is 21.1 Å². The topological polar surface area (TPSA) is 64.9 Å². The van der Waals surface area contributed by atoms with Crippen molar-refractivity contribution in [2.75, 3.05) is 0 Å². The van der Waals surface area contributed by atoms with Gasteiger partial charge in [-0.15, -0.1) is 0 Å². The van der Waals surface area contributed by atoms with Crippen molar-refractivity contribution in [3.63, 3.8) is 0 Å². The summed E-state index contributed by atoms with van der Waals surface area (Å²) >= 11 is 3.05. The van der Waals surface area contributed by atoms with E-state index in [0.717, 1.165) is 12.1 Å². The van der Waals surface area contributed by atoms with Gasteiger partial charge in [0.2, 0.25) is 11.7 Å². The summed E-state index contributed by atoms with van der Waals surface area (Å²) in [5, 5.41) is 3.63. The zero-order valence-corrected chi connectivity index (χ0v) is 10.4. The van der Waals surface area contributed by atoms with Crippen LogP contribution in [0.2, 0.25) is 0 Å². The number of aromatic nitrogens is 2. The van der Waals surface area contributed by atoms with Crippen LogP contribution in [0.4, 0.5) is 13.2 Å². The third-order valence-electron chi connectivity index (χ3n) is 2.18. The molecule has 8 heteroatoms. The molecule has 18 heavy (non-hydrogen) atoms. The van der Waals surface area contributed by atoms with Crippen LogP contribution < -0.4 is 5.73 Å². The predicted molar refractivity (Wildman–Crippen MR) is 60.3 cm³/mol. The second kappa shape index (κ2) is 4.69. The first-order valence-corrected chi connectivity index (χ1v) is 5.61. The molecule has 0 fully saturated rings. The Labute approximate surface area is 108 Å². The monoisotopic (exact) mass is 321 g/mol. The zero-order chi connectivity index (χ0) is 13.3. The second-order valence-corrected chi connectivity index (χ2v) is 4.26. The molecular formula is C10H7BrF3N3O. The minimum absolute atomic E-state index is 0.0747. The van der Waals surface area contributed by atoms with Gasteiger partial charge < -0.3 is 10.3 Å². The lowest BCUT2D eigenvalue weighted by molar-refractivity contribution is -0.137. The van der Waals surface area contributed by atoms with E-state index in [0.29, 0.717) is 5.56 Å². The van der Waals surface area contributed by atoms with Gasteiger partial charge in [0.15, 0.2) is 0 Å². The Hall–Kier alpha value is -1.41. The molecule has 0 spiro atoms. The van der Waals surface area contributed by atoms with Crippen molar-refractivity contribution in [3.05, 3.63) is 34.1 Å². The van der Waals surface area contributed by atoms with Crippen LogP contribution in [0, 0.1) is 0 Å². The lowest BCUT2D eigenvalue weighted by atomic mass is 10.1. The van der Waals surface area contributed by atoms with Gasteiger partial charge in [-0.25, -0.2) is 0 Å². The summed E-state index contributed by atoms with van der Waals surface area (Å²) in [6, 6.07) is 3.20. The standard InChI is InChI=1S/C10H7BrF3N3O/c11-7-3-5(10(12,13)14)1-2-6(7)9-16-8(4-15)18-17-9/h1-3H,4,15H2. The Morgan fingerprint density at radius 3 is 2.56 bits per heavy atom. The highest BCUT2D eigenvalue weighted by atomic mass is 79.9. The quantitative estimate of drug-likeness (QED) is 0.923. The van der Waals surface area contributed by atoms with E-state index in [4.69, 9.17) is 10.3 Å². The second-order valence-electron chi connectivity index (χ2n) is 3.41. The van der Waals surface area contributed by atoms with E-state index in [1.165, 1.54) is 6.07 Å². The summed E-state index contributed by atoms with van der Waals surface area (Å²) in [6.07, 6.45) is -4.39. The summed E-state index contributed by atoms with van der Waals surface area (Å²) in [5.74, 6) is 0.410. The Morgan fingerprint density at radius 2 is 2.06 bits per heavy atom. The first kappa shape index (κ1) is 13.0. The SMILES string of the molecule is NCc1nc(-c2ccc(C(F)(F)F)cc2Br)no1. The maximum Gasteiger partial charge on any atom is 0.416 e. The molecule has 2 N–H and O–H groups in total. The van der Waals surface area contributed by atoms with Crippen molar-refractivity contribution in [3.8, 4) is 11.4 Å². The summed E-state index contributed by atoms with van der Waals surface area (Å²) in [5.41, 5.74) is 4.96. The highest BCUT2D eigenvalue weighted by molar-refractivity contribution is 9.10. The molecule has 96 valence electrons. The lowest BCUT2D eigenvalue weighted by Crippen LogP contribution is -2.04. The van der Waals surface area contributed by atoms with Crippen LogP contribution in [-0.4, -0.2) is 10.1 Å². The number of nitrogens with zero attached hydrogens (tertiary/aromatic N) is 2. The van der Waals surface area contributed by atoms with Crippen LogP contribution in [0.1, 0.15) is 11.5 Å². The molecule has 0 saturated carbocycles. The van der Waals surface area contributed by atoms with E-state index in [-0.39, 0.29) is 22.7 Å². The summed E-state index contributed by atoms with van der Waals surface area (Å²) in [4.78, 5) is 3.94. The molecule has 0 unspecified atom stereocenters. The van der Waals surface area contributed by atoms with E-state index in [2.05, 4.69) is 26.1 Å². The highest BCUT2D eigenvalue weighted by Crippen LogP contribution is 2.34. The van der Waals surface area contributed by atoms with Crippen LogP contribution >= 0.6 is 15.9 Å². The Morgan fingerprint density at radius 1 is 1.33 bits per heavy atom. The number of rotatable bonds is 2. The molecular weight excluding hydrogens is 315 g/mol.